The molecular formula is C16H21BrO4. The van der Waals surface area contributed by atoms with Crippen LogP contribution in [0.3, 0.4) is 0 Å². The lowest BCUT2D eigenvalue weighted by atomic mass is 9.95. The van der Waals surface area contributed by atoms with Crippen LogP contribution in [0, 0.1) is 5.92 Å². The number of carbonyl (C=O) groups is 1. The Morgan fingerprint density at radius 3 is 2.43 bits per heavy atom. The van der Waals surface area contributed by atoms with E-state index in [1.807, 2.05) is 20.8 Å². The number of carbonyl (C=O) groups excluding carboxylic acids is 1. The predicted octanol–water partition coefficient (Wildman–Crippen LogP) is 3.85. The standard InChI is InChI=1S/C16H21BrO4/c1-4-19-14-7-12(13(17)8-15(14)20-5-2)16(18)11-6-10(3)21-9-11/h7-8,10-11H,4-6,9H2,1-3H3. The molecule has 0 saturated carbocycles. The van der Waals surface area contributed by atoms with E-state index in [4.69, 9.17) is 14.2 Å². The maximum Gasteiger partial charge on any atom is 0.169 e. The van der Waals surface area contributed by atoms with Crippen molar-refractivity contribution in [3.63, 3.8) is 0 Å². The maximum absolute atomic E-state index is 12.6. The zero-order chi connectivity index (χ0) is 15.4. The molecule has 0 aliphatic carbocycles. The van der Waals surface area contributed by atoms with Crippen molar-refractivity contribution >= 4 is 21.7 Å². The van der Waals surface area contributed by atoms with Crippen molar-refractivity contribution in [2.24, 2.45) is 5.92 Å². The Morgan fingerprint density at radius 2 is 1.90 bits per heavy atom. The molecule has 0 amide bonds. The third-order valence-corrected chi connectivity index (χ3v) is 4.12. The van der Waals surface area contributed by atoms with E-state index >= 15 is 0 Å². The van der Waals surface area contributed by atoms with E-state index in [1.54, 1.807) is 12.1 Å². The van der Waals surface area contributed by atoms with Crippen LogP contribution in [0.5, 0.6) is 11.5 Å². The van der Waals surface area contributed by atoms with Crippen LogP contribution in [0.4, 0.5) is 0 Å². The minimum absolute atomic E-state index is 0.0799. The molecule has 1 saturated heterocycles. The Morgan fingerprint density at radius 1 is 1.29 bits per heavy atom. The van der Waals surface area contributed by atoms with Crippen LogP contribution >= 0.6 is 15.9 Å². The average molecular weight is 357 g/mol. The van der Waals surface area contributed by atoms with Crippen molar-refractivity contribution in [2.45, 2.75) is 33.3 Å². The zero-order valence-electron chi connectivity index (χ0n) is 12.6. The van der Waals surface area contributed by atoms with E-state index in [-0.39, 0.29) is 17.8 Å². The topological polar surface area (TPSA) is 44.8 Å². The quantitative estimate of drug-likeness (QED) is 0.726. The molecule has 4 nitrogen and oxygen atoms in total. The highest BCUT2D eigenvalue weighted by Crippen LogP contribution is 2.36. The molecule has 1 aromatic carbocycles. The fourth-order valence-corrected chi connectivity index (χ4v) is 3.00. The summed E-state index contributed by atoms with van der Waals surface area (Å²) >= 11 is 3.47. The second-order valence-corrected chi connectivity index (χ2v) is 5.94. The Kier molecular flexibility index (Phi) is 5.65. The van der Waals surface area contributed by atoms with E-state index in [2.05, 4.69) is 15.9 Å². The first kappa shape index (κ1) is 16.3. The molecule has 0 bridgehead atoms. The number of halogens is 1. The monoisotopic (exact) mass is 356 g/mol. The van der Waals surface area contributed by atoms with Gasteiger partial charge in [-0.15, -0.1) is 0 Å². The second kappa shape index (κ2) is 7.27. The van der Waals surface area contributed by atoms with Gasteiger partial charge in [-0.05, 0) is 55.3 Å². The number of Topliss-reactive ketones (excluding diaryl/α,β-unsaturated/α-hetero) is 1. The largest absolute Gasteiger partial charge is 0.490 e. The van der Waals surface area contributed by atoms with Crippen LogP contribution < -0.4 is 9.47 Å². The average Bonchev–Trinajstić information content (AvgIpc) is 2.88. The first-order valence-electron chi connectivity index (χ1n) is 7.31. The van der Waals surface area contributed by atoms with Crippen molar-refractivity contribution in [3.8, 4) is 11.5 Å². The molecule has 1 aliphatic rings. The number of hydrogen-bond donors (Lipinski definition) is 0. The first-order valence-corrected chi connectivity index (χ1v) is 8.11. The lowest BCUT2D eigenvalue weighted by molar-refractivity contribution is 0.0876. The molecule has 116 valence electrons. The molecule has 5 heteroatoms. The third-order valence-electron chi connectivity index (χ3n) is 3.47. The van der Waals surface area contributed by atoms with Gasteiger partial charge in [0.25, 0.3) is 0 Å². The van der Waals surface area contributed by atoms with Gasteiger partial charge in [-0.2, -0.15) is 0 Å². The number of ketones is 1. The maximum atomic E-state index is 12.6. The van der Waals surface area contributed by atoms with E-state index in [0.717, 1.165) is 10.9 Å². The summed E-state index contributed by atoms with van der Waals surface area (Å²) < 4.78 is 17.4. The molecular weight excluding hydrogens is 336 g/mol. The van der Waals surface area contributed by atoms with Gasteiger partial charge in [0.05, 0.1) is 25.9 Å². The van der Waals surface area contributed by atoms with E-state index in [9.17, 15) is 4.79 Å². The van der Waals surface area contributed by atoms with Gasteiger partial charge in [0, 0.05) is 16.0 Å². The van der Waals surface area contributed by atoms with Gasteiger partial charge in [0.2, 0.25) is 0 Å². The predicted molar refractivity (Wildman–Crippen MR) is 84.3 cm³/mol. The highest BCUT2D eigenvalue weighted by atomic mass is 79.9. The van der Waals surface area contributed by atoms with Crippen molar-refractivity contribution in [1.29, 1.82) is 0 Å². The van der Waals surface area contributed by atoms with Gasteiger partial charge >= 0.3 is 0 Å². The Balaban J connectivity index is 2.30. The SMILES string of the molecule is CCOc1cc(Br)c(C(=O)C2COC(C)C2)cc1OCC. The number of ether oxygens (including phenoxy) is 3. The van der Waals surface area contributed by atoms with Crippen molar-refractivity contribution < 1.29 is 19.0 Å². The molecule has 2 rings (SSSR count). The Labute approximate surface area is 133 Å². The van der Waals surface area contributed by atoms with Gasteiger partial charge in [0.15, 0.2) is 17.3 Å². The van der Waals surface area contributed by atoms with E-state index in [0.29, 0.717) is 36.9 Å². The molecule has 21 heavy (non-hydrogen) atoms. The highest BCUT2D eigenvalue weighted by Gasteiger charge is 2.30. The van der Waals surface area contributed by atoms with Crippen molar-refractivity contribution in [2.75, 3.05) is 19.8 Å². The summed E-state index contributed by atoms with van der Waals surface area (Å²) in [6.07, 6.45) is 0.911. The summed E-state index contributed by atoms with van der Waals surface area (Å²) in [5, 5.41) is 0. The first-order chi connectivity index (χ1) is 10.1. The summed E-state index contributed by atoms with van der Waals surface area (Å²) in [6, 6.07) is 3.57. The smallest absolute Gasteiger partial charge is 0.169 e. The summed E-state index contributed by atoms with van der Waals surface area (Å²) in [4.78, 5) is 12.6. The third kappa shape index (κ3) is 3.77. The molecule has 1 heterocycles. The molecule has 2 atom stereocenters. The number of benzene rings is 1. The summed E-state index contributed by atoms with van der Waals surface area (Å²) in [6.45, 7) is 7.38. The van der Waals surface area contributed by atoms with E-state index < -0.39 is 0 Å². The molecule has 1 fully saturated rings. The molecule has 0 radical (unpaired) electrons. The summed E-state index contributed by atoms with van der Waals surface area (Å²) in [7, 11) is 0. The molecule has 1 aromatic rings. The molecule has 0 N–H and O–H groups in total. The van der Waals surface area contributed by atoms with E-state index in [1.165, 1.54) is 0 Å². The lowest BCUT2D eigenvalue weighted by Gasteiger charge is -2.15. The molecule has 0 spiro atoms. The molecule has 1 aliphatic heterocycles. The minimum atomic E-state index is -0.0799. The van der Waals surface area contributed by atoms with Gasteiger partial charge < -0.3 is 14.2 Å². The van der Waals surface area contributed by atoms with Crippen LogP contribution in [-0.2, 0) is 4.74 Å². The van der Waals surface area contributed by atoms with Crippen LogP contribution in [0.25, 0.3) is 0 Å². The Hall–Kier alpha value is -1.07. The number of hydrogen-bond acceptors (Lipinski definition) is 4. The lowest BCUT2D eigenvalue weighted by Crippen LogP contribution is -2.16. The van der Waals surface area contributed by atoms with Crippen LogP contribution in [0.1, 0.15) is 37.6 Å². The van der Waals surface area contributed by atoms with Crippen LogP contribution in [0.2, 0.25) is 0 Å². The molecule has 2 unspecified atom stereocenters. The highest BCUT2D eigenvalue weighted by molar-refractivity contribution is 9.10. The fraction of sp³-hybridized carbons (Fsp3) is 0.562. The fourth-order valence-electron chi connectivity index (χ4n) is 2.48. The summed E-state index contributed by atoms with van der Waals surface area (Å²) in [5.41, 5.74) is 0.629. The zero-order valence-corrected chi connectivity index (χ0v) is 14.2. The molecule has 0 aromatic heterocycles. The van der Waals surface area contributed by atoms with Crippen LogP contribution in [0.15, 0.2) is 16.6 Å². The minimum Gasteiger partial charge on any atom is -0.490 e. The van der Waals surface area contributed by atoms with Gasteiger partial charge in [-0.3, -0.25) is 4.79 Å². The van der Waals surface area contributed by atoms with Crippen molar-refractivity contribution in [3.05, 3.63) is 22.2 Å². The van der Waals surface area contributed by atoms with Gasteiger partial charge in [-0.25, -0.2) is 0 Å². The van der Waals surface area contributed by atoms with Crippen molar-refractivity contribution in [1.82, 2.24) is 0 Å². The second-order valence-electron chi connectivity index (χ2n) is 5.09. The Bertz CT molecular complexity index is 515. The van der Waals surface area contributed by atoms with Crippen LogP contribution in [-0.4, -0.2) is 31.7 Å². The summed E-state index contributed by atoms with van der Waals surface area (Å²) in [5.74, 6) is 1.27. The van der Waals surface area contributed by atoms with Gasteiger partial charge in [-0.1, -0.05) is 0 Å². The van der Waals surface area contributed by atoms with Gasteiger partial charge in [0.1, 0.15) is 0 Å². The normalized spacial score (nSPS) is 21.3. The number of rotatable bonds is 6.